The summed E-state index contributed by atoms with van der Waals surface area (Å²) in [5.41, 5.74) is 0.738. The maximum Gasteiger partial charge on any atom is 0.269 e. The smallest absolute Gasteiger partial charge is 0.269 e. The van der Waals surface area contributed by atoms with E-state index in [9.17, 15) is 14.7 Å². The Morgan fingerprint density at radius 1 is 1.33 bits per heavy atom. The third-order valence-electron chi connectivity index (χ3n) is 5.62. The van der Waals surface area contributed by atoms with Crippen molar-refractivity contribution in [2.24, 2.45) is 11.1 Å². The van der Waals surface area contributed by atoms with Crippen molar-refractivity contribution in [3.63, 3.8) is 0 Å². The minimum atomic E-state index is -0.598. The Labute approximate surface area is 157 Å². The highest BCUT2D eigenvalue weighted by Crippen LogP contribution is 2.36. The average molecular weight is 372 g/mol. The van der Waals surface area contributed by atoms with Crippen molar-refractivity contribution in [2.45, 2.75) is 50.4 Å². The second kappa shape index (κ2) is 7.26. The zero-order valence-corrected chi connectivity index (χ0v) is 15.1. The van der Waals surface area contributed by atoms with Gasteiger partial charge in [0.2, 0.25) is 5.91 Å². The van der Waals surface area contributed by atoms with Crippen LogP contribution >= 0.6 is 0 Å². The molecule has 8 nitrogen and oxygen atoms in total. The van der Waals surface area contributed by atoms with Crippen molar-refractivity contribution in [2.75, 3.05) is 13.1 Å². The van der Waals surface area contributed by atoms with Gasteiger partial charge < -0.3 is 20.2 Å². The average Bonchev–Trinajstić information content (AvgIpc) is 3.07. The first-order chi connectivity index (χ1) is 13.0. The monoisotopic (exact) mass is 372 g/mol. The summed E-state index contributed by atoms with van der Waals surface area (Å²) in [7, 11) is 0. The third-order valence-corrected chi connectivity index (χ3v) is 5.62. The van der Waals surface area contributed by atoms with Crippen molar-refractivity contribution in [3.05, 3.63) is 30.1 Å². The SMILES string of the molecule is O=C(NCc1ccncc1)C1=NOC2(CCCN(C(=O)C3CC(O)C3)C2)C1. The number of pyridine rings is 1. The molecule has 4 rings (SSSR count). The van der Waals surface area contributed by atoms with E-state index in [2.05, 4.69) is 15.5 Å². The molecule has 1 aromatic heterocycles. The lowest BCUT2D eigenvalue weighted by molar-refractivity contribution is -0.151. The Morgan fingerprint density at radius 2 is 2.11 bits per heavy atom. The summed E-state index contributed by atoms with van der Waals surface area (Å²) in [4.78, 5) is 36.4. The molecule has 2 amide bonds. The summed E-state index contributed by atoms with van der Waals surface area (Å²) < 4.78 is 0. The molecule has 1 aromatic rings. The highest BCUT2D eigenvalue weighted by molar-refractivity contribution is 6.39. The molecule has 1 spiro atoms. The topological polar surface area (TPSA) is 104 Å². The lowest BCUT2D eigenvalue weighted by Crippen LogP contribution is -2.54. The number of piperidine rings is 1. The number of aliphatic hydroxyl groups is 1. The zero-order valence-electron chi connectivity index (χ0n) is 15.1. The van der Waals surface area contributed by atoms with Gasteiger partial charge in [0, 0.05) is 37.8 Å². The molecule has 1 atom stereocenters. The molecule has 3 aliphatic rings. The molecule has 3 heterocycles. The fourth-order valence-electron chi connectivity index (χ4n) is 3.98. The lowest BCUT2D eigenvalue weighted by atomic mass is 9.80. The Bertz CT molecular complexity index is 747. The van der Waals surface area contributed by atoms with E-state index in [1.165, 1.54) is 0 Å². The molecule has 1 saturated carbocycles. The number of aromatic nitrogens is 1. The molecule has 2 fully saturated rings. The van der Waals surface area contributed by atoms with E-state index in [1.54, 1.807) is 12.4 Å². The summed E-state index contributed by atoms with van der Waals surface area (Å²) >= 11 is 0. The standard InChI is InChI=1S/C19H24N4O4/c24-15-8-14(9-15)18(26)23-7-1-4-19(12-23)10-16(22-27-19)17(25)21-11-13-2-5-20-6-3-13/h2-3,5-6,14-15,24H,1,4,7-12H2,(H,21,25). The van der Waals surface area contributed by atoms with Gasteiger partial charge in [-0.1, -0.05) is 5.16 Å². The largest absolute Gasteiger partial charge is 0.393 e. The number of hydrogen-bond acceptors (Lipinski definition) is 6. The number of oxime groups is 1. The van der Waals surface area contributed by atoms with Gasteiger partial charge in [-0.15, -0.1) is 0 Å². The highest BCUT2D eigenvalue weighted by Gasteiger charge is 2.47. The van der Waals surface area contributed by atoms with Crippen LogP contribution in [0.15, 0.2) is 29.7 Å². The van der Waals surface area contributed by atoms with Crippen LogP contribution in [-0.2, 0) is 21.0 Å². The van der Waals surface area contributed by atoms with E-state index in [4.69, 9.17) is 4.84 Å². The van der Waals surface area contributed by atoms with E-state index >= 15 is 0 Å². The van der Waals surface area contributed by atoms with Crippen LogP contribution in [-0.4, -0.2) is 57.3 Å². The first-order valence-corrected chi connectivity index (χ1v) is 9.44. The Balaban J connectivity index is 1.31. The number of rotatable bonds is 4. The Hall–Kier alpha value is -2.48. The van der Waals surface area contributed by atoms with E-state index in [0.29, 0.717) is 44.6 Å². The van der Waals surface area contributed by atoms with Gasteiger partial charge in [-0.05, 0) is 43.4 Å². The van der Waals surface area contributed by atoms with Crippen molar-refractivity contribution < 1.29 is 19.5 Å². The van der Waals surface area contributed by atoms with E-state index < -0.39 is 5.60 Å². The van der Waals surface area contributed by atoms with Gasteiger partial charge in [0.1, 0.15) is 5.71 Å². The molecule has 144 valence electrons. The molecule has 0 aromatic carbocycles. The van der Waals surface area contributed by atoms with E-state index in [1.807, 2.05) is 17.0 Å². The summed E-state index contributed by atoms with van der Waals surface area (Å²) in [6, 6.07) is 3.69. The first-order valence-electron chi connectivity index (χ1n) is 9.44. The molecule has 1 aliphatic carbocycles. The summed E-state index contributed by atoms with van der Waals surface area (Å²) in [6.07, 6.45) is 6.11. The number of likely N-dealkylation sites (tertiary alicyclic amines) is 1. The van der Waals surface area contributed by atoms with Crippen LogP contribution in [0.4, 0.5) is 0 Å². The van der Waals surface area contributed by atoms with Gasteiger partial charge in [0.25, 0.3) is 5.91 Å². The molecule has 0 bridgehead atoms. The minimum Gasteiger partial charge on any atom is -0.393 e. The van der Waals surface area contributed by atoms with Crippen LogP contribution in [0.1, 0.15) is 37.7 Å². The number of nitrogens with zero attached hydrogens (tertiary/aromatic N) is 3. The maximum atomic E-state index is 12.6. The number of hydrogen-bond donors (Lipinski definition) is 2. The van der Waals surface area contributed by atoms with Crippen LogP contribution < -0.4 is 5.32 Å². The van der Waals surface area contributed by atoms with E-state index in [0.717, 1.165) is 18.4 Å². The quantitative estimate of drug-likeness (QED) is 0.806. The lowest BCUT2D eigenvalue weighted by Gasteiger charge is -2.41. The first kappa shape index (κ1) is 17.9. The third kappa shape index (κ3) is 3.80. The highest BCUT2D eigenvalue weighted by atomic mass is 16.7. The number of nitrogens with one attached hydrogen (secondary N) is 1. The van der Waals surface area contributed by atoms with Gasteiger partial charge >= 0.3 is 0 Å². The normalized spacial score (nSPS) is 29.7. The second-order valence-electron chi connectivity index (χ2n) is 7.71. The number of carbonyl (C=O) groups is 2. The van der Waals surface area contributed by atoms with Crippen LogP contribution in [0.3, 0.4) is 0 Å². The Kier molecular flexibility index (Phi) is 4.82. The predicted octanol–water partition coefficient (Wildman–Crippen LogP) is 0.606. The molecule has 2 aliphatic heterocycles. The number of aliphatic hydroxyl groups excluding tert-OH is 1. The summed E-state index contributed by atoms with van der Waals surface area (Å²) in [6.45, 7) is 1.55. The van der Waals surface area contributed by atoms with Crippen molar-refractivity contribution in [1.82, 2.24) is 15.2 Å². The molecule has 1 unspecified atom stereocenters. The van der Waals surface area contributed by atoms with Gasteiger partial charge in [-0.25, -0.2) is 0 Å². The van der Waals surface area contributed by atoms with Crippen molar-refractivity contribution in [3.8, 4) is 0 Å². The second-order valence-corrected chi connectivity index (χ2v) is 7.71. The summed E-state index contributed by atoms with van der Waals surface area (Å²) in [5, 5.41) is 16.3. The van der Waals surface area contributed by atoms with Crippen LogP contribution in [0.25, 0.3) is 0 Å². The fourth-order valence-corrected chi connectivity index (χ4v) is 3.98. The van der Waals surface area contributed by atoms with Gasteiger partial charge in [-0.2, -0.15) is 0 Å². The minimum absolute atomic E-state index is 0.0820. The van der Waals surface area contributed by atoms with Crippen LogP contribution in [0.5, 0.6) is 0 Å². The van der Waals surface area contributed by atoms with Gasteiger partial charge in [0.15, 0.2) is 5.60 Å². The van der Waals surface area contributed by atoms with Crippen LogP contribution in [0, 0.1) is 5.92 Å². The van der Waals surface area contributed by atoms with Gasteiger partial charge in [0.05, 0.1) is 12.6 Å². The molecule has 27 heavy (non-hydrogen) atoms. The number of carbonyl (C=O) groups excluding carboxylic acids is 2. The predicted molar refractivity (Wildman–Crippen MR) is 96.5 cm³/mol. The molecular weight excluding hydrogens is 348 g/mol. The van der Waals surface area contributed by atoms with Crippen molar-refractivity contribution >= 4 is 17.5 Å². The molecule has 0 radical (unpaired) electrons. The summed E-state index contributed by atoms with van der Waals surface area (Å²) in [5.74, 6) is -0.242. The maximum absolute atomic E-state index is 12.6. The number of amides is 2. The zero-order chi connectivity index (χ0) is 18.9. The Morgan fingerprint density at radius 3 is 2.85 bits per heavy atom. The molecule has 8 heteroatoms. The molecular formula is C19H24N4O4. The van der Waals surface area contributed by atoms with Crippen LogP contribution in [0.2, 0.25) is 0 Å². The fraction of sp³-hybridized carbons (Fsp3) is 0.579. The van der Waals surface area contributed by atoms with Gasteiger partial charge in [-0.3, -0.25) is 14.6 Å². The van der Waals surface area contributed by atoms with Crippen molar-refractivity contribution in [1.29, 1.82) is 0 Å². The molecule has 1 saturated heterocycles. The van der Waals surface area contributed by atoms with E-state index in [-0.39, 0.29) is 23.8 Å². The molecule has 2 N–H and O–H groups in total.